The van der Waals surface area contributed by atoms with Crippen molar-refractivity contribution in [2.45, 2.75) is 144 Å². The van der Waals surface area contributed by atoms with Gasteiger partial charge in [0.2, 0.25) is 11.8 Å². The van der Waals surface area contributed by atoms with E-state index in [1.807, 2.05) is 6.92 Å². The average Bonchev–Trinajstić information content (AvgIpc) is 3.77. The molecule has 4 saturated carbocycles. The molecule has 1 aromatic heterocycles. The first-order chi connectivity index (χ1) is 26.5. The summed E-state index contributed by atoms with van der Waals surface area (Å²) in [7, 11) is 0. The summed E-state index contributed by atoms with van der Waals surface area (Å²) in [5.41, 5.74) is 2.10. The Labute approximate surface area is 329 Å². The maximum Gasteiger partial charge on any atom is 0.300 e. The predicted octanol–water partition coefficient (Wildman–Crippen LogP) is 4.61. The van der Waals surface area contributed by atoms with Gasteiger partial charge in [-0.25, -0.2) is 0 Å². The van der Waals surface area contributed by atoms with Gasteiger partial charge in [0.15, 0.2) is 0 Å². The molecule has 4 aliphatic carbocycles. The van der Waals surface area contributed by atoms with Crippen molar-refractivity contribution in [2.75, 3.05) is 6.54 Å². The number of hydrogen-bond acceptors (Lipinski definition) is 9. The molecule has 298 valence electrons. The third kappa shape index (κ3) is 7.78. The van der Waals surface area contributed by atoms with Crippen LogP contribution < -0.4 is 25.8 Å². The Morgan fingerprint density at radius 1 is 1.07 bits per heavy atom. The second-order valence-electron chi connectivity index (χ2n) is 17.0. The molecule has 0 unspecified atom stereocenters. The highest BCUT2D eigenvalue weighted by atomic mass is 35.5. The van der Waals surface area contributed by atoms with Crippen molar-refractivity contribution in [1.82, 2.24) is 30.0 Å². The predicted molar refractivity (Wildman–Crippen MR) is 208 cm³/mol. The van der Waals surface area contributed by atoms with Crippen LogP contribution in [0.3, 0.4) is 0 Å². The van der Waals surface area contributed by atoms with E-state index in [4.69, 9.17) is 26.2 Å². The summed E-state index contributed by atoms with van der Waals surface area (Å²) in [5, 5.41) is 3.86. The van der Waals surface area contributed by atoms with E-state index >= 15 is 0 Å². The van der Waals surface area contributed by atoms with Crippen molar-refractivity contribution in [1.29, 1.82) is 0 Å². The molecule has 3 heterocycles. The number of carbonyl (C=O) groups is 3. The number of rotatable bonds is 7. The lowest BCUT2D eigenvalue weighted by Gasteiger charge is -2.33. The van der Waals surface area contributed by atoms with Crippen LogP contribution in [-0.4, -0.2) is 77.8 Å². The maximum atomic E-state index is 14.9. The van der Waals surface area contributed by atoms with Gasteiger partial charge < -0.3 is 19.5 Å². The molecule has 55 heavy (non-hydrogen) atoms. The first kappa shape index (κ1) is 38.7. The van der Waals surface area contributed by atoms with Crippen LogP contribution in [0.25, 0.3) is 10.9 Å². The standard InChI is InChI=1S/C40H53ClN6O7S/c1-3-26-22-40(26,37(51)45-55(52)39(2)17-18-39)43-34(48)31-21-28-23-47(31)36(50)33(25-11-6-7-12-25)44-54-32-14-9-13-24(32)10-5-4-8-19-46-35(49)29-16-15-27(41)20-30(29)42-38(46)53-28/h3,15-16,20,24-26,28,31-33,44H,1,4-14,17-19,21-23H2,2H3,(H,43,48)(H,45,51)/t24-,26-,28-,31+,32-,33+,40-,55-/m1/s1. The molecule has 3 amide bonds. The molecule has 8 atom stereocenters. The van der Waals surface area contributed by atoms with E-state index in [9.17, 15) is 23.7 Å². The Bertz CT molecular complexity index is 1890. The molecule has 1 aromatic carbocycles. The number of nitrogens with zero attached hydrogens (tertiary/aromatic N) is 3. The largest absolute Gasteiger partial charge is 0.593 e. The van der Waals surface area contributed by atoms with Crippen LogP contribution in [-0.2, 0) is 37.1 Å². The molecule has 1 saturated heterocycles. The second kappa shape index (κ2) is 15.6. The zero-order valence-electron chi connectivity index (χ0n) is 31.6. The van der Waals surface area contributed by atoms with Gasteiger partial charge in [-0.15, -0.1) is 6.58 Å². The number of fused-ring (bicyclic) bond motifs is 5. The van der Waals surface area contributed by atoms with E-state index in [0.29, 0.717) is 34.8 Å². The number of nitrogens with one attached hydrogen (secondary N) is 3. The van der Waals surface area contributed by atoms with Gasteiger partial charge in [0, 0.05) is 36.7 Å². The van der Waals surface area contributed by atoms with Gasteiger partial charge in [0.05, 0.1) is 34.9 Å². The number of amides is 3. The number of hydrogen-bond donors (Lipinski definition) is 3. The molecule has 2 aliphatic heterocycles. The lowest BCUT2D eigenvalue weighted by atomic mass is 9.96. The minimum Gasteiger partial charge on any atom is -0.593 e. The van der Waals surface area contributed by atoms with Gasteiger partial charge in [-0.3, -0.25) is 28.6 Å². The van der Waals surface area contributed by atoms with Crippen LogP contribution in [0.4, 0.5) is 0 Å². The highest BCUT2D eigenvalue weighted by molar-refractivity contribution is 7.91. The van der Waals surface area contributed by atoms with Crippen LogP contribution in [0, 0.1) is 17.8 Å². The Hall–Kier alpha value is -3.17. The number of hydroxylamine groups is 1. The lowest BCUT2D eigenvalue weighted by Crippen LogP contribution is -2.59. The van der Waals surface area contributed by atoms with Crippen molar-refractivity contribution >= 4 is 51.6 Å². The molecule has 3 N–H and O–H groups in total. The summed E-state index contributed by atoms with van der Waals surface area (Å²) in [6.07, 6.45) is 13.2. The fourth-order valence-electron chi connectivity index (χ4n) is 9.30. The molecule has 6 aliphatic rings. The Balaban J connectivity index is 1.13. The van der Waals surface area contributed by atoms with Gasteiger partial charge in [0.25, 0.3) is 17.5 Å². The first-order valence-electron chi connectivity index (χ1n) is 20.3. The van der Waals surface area contributed by atoms with Gasteiger partial charge in [-0.2, -0.15) is 15.2 Å². The summed E-state index contributed by atoms with van der Waals surface area (Å²) in [6.45, 7) is 6.21. The molecule has 5 fully saturated rings. The first-order valence-corrected chi connectivity index (χ1v) is 21.8. The summed E-state index contributed by atoms with van der Waals surface area (Å²) in [5.74, 6) is -1.25. The normalized spacial score (nSPS) is 32.9. The summed E-state index contributed by atoms with van der Waals surface area (Å²) in [6, 6.07) is 3.43. The smallest absolute Gasteiger partial charge is 0.300 e. The van der Waals surface area contributed by atoms with E-state index in [1.165, 1.54) is 0 Å². The van der Waals surface area contributed by atoms with Gasteiger partial charge >= 0.3 is 0 Å². The molecule has 0 radical (unpaired) electrons. The lowest BCUT2D eigenvalue weighted by molar-refractivity contribution is -0.149. The van der Waals surface area contributed by atoms with Gasteiger partial charge in [0.1, 0.15) is 28.5 Å². The summed E-state index contributed by atoms with van der Waals surface area (Å²) in [4.78, 5) is 69.8. The molecular formula is C40H53ClN6O7S. The van der Waals surface area contributed by atoms with Crippen LogP contribution in [0.2, 0.25) is 5.02 Å². The van der Waals surface area contributed by atoms with E-state index < -0.39 is 51.6 Å². The SMILES string of the molecule is C=C[C@@H]1C[C@]1(NC(=O)[C@@H]1C[C@@H]2CN1C(=O)[C@H](C1CCCC1)NO[C@@H]1CCC[C@H]1CCCCCn1c(nc3cc(Cl)ccc3c1=O)O2)C(=O)N[S@+]([O-])C1(C)CC1. The minimum absolute atomic E-state index is 0.0144. The quantitative estimate of drug-likeness (QED) is 0.268. The summed E-state index contributed by atoms with van der Waals surface area (Å²) >= 11 is 4.72. The molecule has 15 heteroatoms. The fraction of sp³-hybridized carbons (Fsp3) is 0.675. The summed E-state index contributed by atoms with van der Waals surface area (Å²) < 4.78 is 23.4. The highest BCUT2D eigenvalue weighted by Gasteiger charge is 2.63. The highest BCUT2D eigenvalue weighted by Crippen LogP contribution is 2.47. The van der Waals surface area contributed by atoms with Crippen LogP contribution in [0.1, 0.15) is 103 Å². The Morgan fingerprint density at radius 3 is 2.56 bits per heavy atom. The van der Waals surface area contributed by atoms with E-state index in [1.54, 1.807) is 33.7 Å². The molecule has 2 bridgehead atoms. The third-order valence-corrected chi connectivity index (χ3v) is 15.1. The number of halogens is 1. The number of carbonyl (C=O) groups excluding carboxylic acids is 3. The Morgan fingerprint density at radius 2 is 1.82 bits per heavy atom. The van der Waals surface area contributed by atoms with Crippen LogP contribution in [0.5, 0.6) is 6.01 Å². The van der Waals surface area contributed by atoms with E-state index in [-0.39, 0.29) is 48.4 Å². The molecular weight excluding hydrogens is 744 g/mol. The van der Waals surface area contributed by atoms with Crippen LogP contribution in [0.15, 0.2) is 35.6 Å². The van der Waals surface area contributed by atoms with Gasteiger partial charge in [-0.1, -0.05) is 49.8 Å². The van der Waals surface area contributed by atoms with E-state index in [2.05, 4.69) is 22.1 Å². The topological polar surface area (TPSA) is 167 Å². The third-order valence-electron chi connectivity index (χ3n) is 13.2. The number of benzene rings is 1. The zero-order chi connectivity index (χ0) is 38.5. The number of ether oxygens (including phenoxy) is 1. The van der Waals surface area contributed by atoms with Crippen molar-refractivity contribution < 1.29 is 28.5 Å². The molecule has 8 rings (SSSR count). The van der Waals surface area contributed by atoms with Gasteiger partial charge in [-0.05, 0) is 81.9 Å². The Kier molecular flexibility index (Phi) is 11.0. The minimum atomic E-state index is -1.60. The molecule has 13 nitrogen and oxygen atoms in total. The second-order valence-corrected chi connectivity index (χ2v) is 19.2. The average molecular weight is 797 g/mol. The van der Waals surface area contributed by atoms with Crippen molar-refractivity contribution in [3.05, 3.63) is 46.2 Å². The maximum absolute atomic E-state index is 14.9. The van der Waals surface area contributed by atoms with Crippen molar-refractivity contribution in [2.24, 2.45) is 17.8 Å². The number of aromatic nitrogens is 2. The molecule has 2 aromatic rings. The monoisotopic (exact) mass is 796 g/mol. The van der Waals surface area contributed by atoms with Crippen molar-refractivity contribution in [3.63, 3.8) is 0 Å². The van der Waals surface area contributed by atoms with Crippen molar-refractivity contribution in [3.8, 4) is 6.01 Å². The van der Waals surface area contributed by atoms with E-state index in [0.717, 1.165) is 83.5 Å². The van der Waals surface area contributed by atoms with Crippen LogP contribution >= 0.6 is 11.6 Å². The fourth-order valence-corrected chi connectivity index (χ4v) is 10.5. The zero-order valence-corrected chi connectivity index (χ0v) is 33.1. The molecule has 0 spiro atoms.